The highest BCUT2D eigenvalue weighted by Crippen LogP contribution is 2.43. The number of carbonyl (C=O) groups excluding carboxylic acids is 2. The number of amides is 2. The lowest BCUT2D eigenvalue weighted by molar-refractivity contribution is -0.131. The van der Waals surface area contributed by atoms with Gasteiger partial charge in [-0.2, -0.15) is 0 Å². The Hall–Kier alpha value is -3.88. The third-order valence-corrected chi connectivity index (χ3v) is 16.1. The van der Waals surface area contributed by atoms with E-state index in [-0.39, 0.29) is 126 Å². The van der Waals surface area contributed by atoms with Gasteiger partial charge in [0.1, 0.15) is 36.9 Å². The maximum atomic E-state index is 12.9. The lowest BCUT2D eigenvalue weighted by atomic mass is 10.1. The molecule has 0 heterocycles. The van der Waals surface area contributed by atoms with Gasteiger partial charge in [0.25, 0.3) is 0 Å². The number of nitrogens with zero attached hydrogens (tertiary/aromatic N) is 2. The molecule has 2 aliphatic carbocycles. The largest absolute Gasteiger partial charge is 0.484 e. The highest BCUT2D eigenvalue weighted by Gasteiger charge is 2.39. The summed E-state index contributed by atoms with van der Waals surface area (Å²) in [6, 6.07) is 19.6. The number of halogens is 4. The molecular weight excluding hydrogens is 1100 g/mol. The van der Waals surface area contributed by atoms with Crippen molar-refractivity contribution in [3.8, 4) is 11.5 Å². The van der Waals surface area contributed by atoms with Gasteiger partial charge in [-0.25, -0.2) is 26.3 Å². The SMILES string of the molecule is CN(C)C1Cc2c(Cl)cc(Cl)cc2C1Oc1ccc(S(=O)(=O)NCCOCCOCCNC(=O)COCC(=O)NCCOCCOCCNS(=O)(=O)c2ccc(OC3c4cc(Cl)cc(Cl)c4CC3N(C)C)cc2)cc1. The van der Waals surface area contributed by atoms with Crippen molar-refractivity contribution in [2.75, 3.05) is 120 Å². The van der Waals surface area contributed by atoms with Crippen LogP contribution in [0.4, 0.5) is 0 Å². The summed E-state index contributed by atoms with van der Waals surface area (Å²) in [5.41, 5.74) is 3.78. The van der Waals surface area contributed by atoms with Crippen molar-refractivity contribution in [2.24, 2.45) is 0 Å². The van der Waals surface area contributed by atoms with Gasteiger partial charge in [-0.15, -0.1) is 0 Å². The summed E-state index contributed by atoms with van der Waals surface area (Å²) < 4.78 is 96.3. The van der Waals surface area contributed by atoms with Gasteiger partial charge in [-0.05, 0) is 125 Å². The Morgan fingerprint density at radius 2 is 0.853 bits per heavy atom. The maximum absolute atomic E-state index is 12.9. The fourth-order valence-electron chi connectivity index (χ4n) is 8.28. The molecule has 0 fully saturated rings. The first-order valence-electron chi connectivity index (χ1n) is 24.1. The summed E-state index contributed by atoms with van der Waals surface area (Å²) in [5.74, 6) is 0.156. The highest BCUT2D eigenvalue weighted by molar-refractivity contribution is 7.89. The average molecular weight is 1160 g/mol. The summed E-state index contributed by atoms with van der Waals surface area (Å²) in [6.07, 6.45) is 0.698. The van der Waals surface area contributed by atoms with Crippen LogP contribution in [0, 0.1) is 0 Å². The number of carbonyl (C=O) groups is 2. The van der Waals surface area contributed by atoms with Crippen LogP contribution in [0.1, 0.15) is 34.5 Å². The number of sulfonamides is 2. The average Bonchev–Trinajstić information content (AvgIpc) is 3.92. The molecular formula is C50H64Cl4N6O13S2. The molecule has 0 bridgehead atoms. The summed E-state index contributed by atoms with van der Waals surface area (Å²) >= 11 is 25.5. The Balaban J connectivity index is 0.717. The molecule has 412 valence electrons. The smallest absolute Gasteiger partial charge is 0.246 e. The Labute approximate surface area is 459 Å². The first kappa shape index (κ1) is 60.4. The number of ether oxygens (including phenoxy) is 7. The Morgan fingerprint density at radius 1 is 0.507 bits per heavy atom. The van der Waals surface area contributed by atoms with Gasteiger partial charge in [-0.1, -0.05) is 46.4 Å². The van der Waals surface area contributed by atoms with E-state index in [4.69, 9.17) is 79.6 Å². The van der Waals surface area contributed by atoms with E-state index in [9.17, 15) is 26.4 Å². The van der Waals surface area contributed by atoms with Crippen LogP contribution in [-0.4, -0.2) is 171 Å². The molecule has 19 nitrogen and oxygen atoms in total. The topological polar surface area (TPSA) is 222 Å². The first-order valence-corrected chi connectivity index (χ1v) is 28.5. The minimum atomic E-state index is -3.80. The fraction of sp³-hybridized carbons (Fsp3) is 0.480. The van der Waals surface area contributed by atoms with Gasteiger partial charge in [0.15, 0.2) is 0 Å². The number of rotatable bonds is 32. The Bertz CT molecular complexity index is 2560. The van der Waals surface area contributed by atoms with Crippen LogP contribution in [0.3, 0.4) is 0 Å². The number of hydrogen-bond acceptors (Lipinski definition) is 15. The zero-order chi connectivity index (χ0) is 54.1. The van der Waals surface area contributed by atoms with Crippen molar-refractivity contribution < 1.29 is 59.6 Å². The predicted octanol–water partition coefficient (Wildman–Crippen LogP) is 5.09. The molecule has 0 spiro atoms. The molecule has 25 heteroatoms. The summed E-state index contributed by atoms with van der Waals surface area (Å²) in [6.45, 7) is 1.32. The summed E-state index contributed by atoms with van der Waals surface area (Å²) in [7, 11) is 0.254. The second-order valence-electron chi connectivity index (χ2n) is 17.8. The number of nitrogens with one attached hydrogen (secondary N) is 4. The molecule has 0 saturated carbocycles. The first-order chi connectivity index (χ1) is 35.8. The molecule has 0 saturated heterocycles. The van der Waals surface area contributed by atoms with E-state index in [1.807, 2.05) is 40.3 Å². The van der Waals surface area contributed by atoms with Crippen LogP contribution in [0.15, 0.2) is 82.6 Å². The van der Waals surface area contributed by atoms with Crippen molar-refractivity contribution in [1.29, 1.82) is 0 Å². The maximum Gasteiger partial charge on any atom is 0.246 e. The molecule has 0 aliphatic heterocycles. The van der Waals surface area contributed by atoms with Crippen molar-refractivity contribution in [1.82, 2.24) is 29.9 Å². The molecule has 4 atom stereocenters. The highest BCUT2D eigenvalue weighted by atomic mass is 35.5. The second kappa shape index (κ2) is 29.2. The minimum absolute atomic E-state index is 0.0117. The standard InChI is InChI=1S/C50H64Cl4N6O13S2/c1-59(2)45-29-39-41(25-33(51)27-43(39)53)49(45)72-35-5-9-37(10-6-35)74(63,64)57-15-19-69-23-21-67-17-13-55-47(61)31-71-32-48(62)56-14-18-68-22-24-70-20-16-58-75(65,66)38-11-7-36(8-12-38)73-50-42-26-34(52)28-44(54)40(42)30-46(50)60(3)4/h5-12,25-28,45-46,49-50,57-58H,13-24,29-32H2,1-4H3,(H,55,61)(H,56,62). The van der Waals surface area contributed by atoms with E-state index in [0.29, 0.717) is 44.4 Å². The van der Waals surface area contributed by atoms with Crippen LogP contribution in [-0.2, 0) is 66.2 Å². The van der Waals surface area contributed by atoms with E-state index in [0.717, 1.165) is 22.3 Å². The van der Waals surface area contributed by atoms with Crippen LogP contribution in [0.2, 0.25) is 20.1 Å². The predicted molar refractivity (Wildman–Crippen MR) is 285 cm³/mol. The third-order valence-electron chi connectivity index (χ3n) is 12.1. The van der Waals surface area contributed by atoms with E-state index >= 15 is 0 Å². The van der Waals surface area contributed by atoms with Gasteiger partial charge in [0.2, 0.25) is 31.9 Å². The zero-order valence-electron chi connectivity index (χ0n) is 42.1. The second-order valence-corrected chi connectivity index (χ2v) is 23.1. The number of benzene rings is 4. The lowest BCUT2D eigenvalue weighted by Gasteiger charge is -2.27. The number of likely N-dealkylation sites (N-methyl/N-ethyl adjacent to an activating group) is 2. The van der Waals surface area contributed by atoms with Gasteiger partial charge in [-0.3, -0.25) is 9.59 Å². The van der Waals surface area contributed by atoms with Crippen LogP contribution < -0.4 is 29.6 Å². The van der Waals surface area contributed by atoms with Gasteiger partial charge >= 0.3 is 0 Å². The van der Waals surface area contributed by atoms with Crippen LogP contribution >= 0.6 is 46.4 Å². The van der Waals surface area contributed by atoms with Gasteiger partial charge < -0.3 is 53.6 Å². The summed E-state index contributed by atoms with van der Waals surface area (Å²) in [5, 5.41) is 7.46. The lowest BCUT2D eigenvalue weighted by Crippen LogP contribution is -2.34. The Morgan fingerprint density at radius 3 is 1.20 bits per heavy atom. The molecule has 6 rings (SSSR count). The van der Waals surface area contributed by atoms with E-state index in [2.05, 4.69) is 29.9 Å². The molecule has 2 amide bonds. The number of hydrogen-bond donors (Lipinski definition) is 4. The van der Waals surface area contributed by atoms with Crippen molar-refractivity contribution in [2.45, 2.75) is 46.9 Å². The van der Waals surface area contributed by atoms with Crippen molar-refractivity contribution >= 4 is 78.3 Å². The van der Waals surface area contributed by atoms with Crippen molar-refractivity contribution in [3.63, 3.8) is 0 Å². The quantitative estimate of drug-likeness (QED) is 0.0468. The molecule has 75 heavy (non-hydrogen) atoms. The normalized spacial score (nSPS) is 17.3. The van der Waals surface area contributed by atoms with Crippen molar-refractivity contribution in [3.05, 3.63) is 115 Å². The van der Waals surface area contributed by atoms with E-state index in [1.54, 1.807) is 36.4 Å². The molecule has 0 aromatic heterocycles. The summed E-state index contributed by atoms with van der Waals surface area (Å²) in [4.78, 5) is 28.4. The fourth-order valence-corrected chi connectivity index (χ4v) is 11.5. The zero-order valence-corrected chi connectivity index (χ0v) is 46.7. The molecule has 2 aliphatic rings. The number of fused-ring (bicyclic) bond motifs is 2. The van der Waals surface area contributed by atoms with Crippen LogP contribution in [0.25, 0.3) is 0 Å². The monoisotopic (exact) mass is 1160 g/mol. The molecule has 4 aromatic rings. The van der Waals surface area contributed by atoms with Gasteiger partial charge in [0.05, 0.1) is 74.7 Å². The molecule has 4 aromatic carbocycles. The van der Waals surface area contributed by atoms with E-state index < -0.39 is 31.9 Å². The molecule has 4 unspecified atom stereocenters. The van der Waals surface area contributed by atoms with E-state index in [1.165, 1.54) is 24.3 Å². The minimum Gasteiger partial charge on any atom is -0.484 e. The Kier molecular flexibility index (Phi) is 23.5. The third kappa shape index (κ3) is 18.1. The molecule has 4 N–H and O–H groups in total. The molecule has 0 radical (unpaired) electrons. The van der Waals surface area contributed by atoms with Gasteiger partial charge in [0, 0.05) is 57.4 Å². The van der Waals surface area contributed by atoms with Crippen LogP contribution in [0.5, 0.6) is 11.5 Å².